The predicted molar refractivity (Wildman–Crippen MR) is 97.7 cm³/mol. The first-order valence-electron chi connectivity index (χ1n) is 8.69. The van der Waals surface area contributed by atoms with E-state index in [0.717, 1.165) is 12.8 Å². The van der Waals surface area contributed by atoms with E-state index in [1.165, 1.54) is 7.11 Å². The van der Waals surface area contributed by atoms with Crippen LogP contribution in [0.15, 0.2) is 30.5 Å². The summed E-state index contributed by atoms with van der Waals surface area (Å²) in [4.78, 5) is 22.9. The van der Waals surface area contributed by atoms with Crippen molar-refractivity contribution in [2.75, 3.05) is 34.4 Å². The molecule has 1 fully saturated rings. The van der Waals surface area contributed by atoms with Crippen LogP contribution in [0.5, 0.6) is 23.4 Å². The summed E-state index contributed by atoms with van der Waals surface area (Å²) in [6.07, 6.45) is 3.13. The lowest BCUT2D eigenvalue weighted by Crippen LogP contribution is -2.44. The lowest BCUT2D eigenvalue weighted by Gasteiger charge is -2.32. The molecule has 1 aliphatic heterocycles. The highest BCUT2D eigenvalue weighted by Gasteiger charge is 2.26. The molecule has 0 spiro atoms. The molecule has 0 aliphatic carbocycles. The Morgan fingerprint density at radius 2 is 1.85 bits per heavy atom. The number of amides is 1. The second-order valence-electron chi connectivity index (χ2n) is 6.12. The van der Waals surface area contributed by atoms with Crippen LogP contribution in [0.1, 0.15) is 23.2 Å². The number of piperidine rings is 1. The van der Waals surface area contributed by atoms with Crippen molar-refractivity contribution in [2.24, 2.45) is 0 Å². The Balaban J connectivity index is 1.71. The van der Waals surface area contributed by atoms with Crippen molar-refractivity contribution in [3.05, 3.63) is 36.0 Å². The molecule has 2 heterocycles. The van der Waals surface area contributed by atoms with E-state index in [-0.39, 0.29) is 18.0 Å². The van der Waals surface area contributed by atoms with Gasteiger partial charge >= 0.3 is 6.01 Å². The molecule has 0 N–H and O–H groups in total. The molecule has 144 valence electrons. The van der Waals surface area contributed by atoms with Crippen LogP contribution in [0.3, 0.4) is 0 Å². The van der Waals surface area contributed by atoms with Crippen molar-refractivity contribution in [1.29, 1.82) is 0 Å². The number of hydrogen-bond donors (Lipinski definition) is 0. The van der Waals surface area contributed by atoms with Gasteiger partial charge in [-0.05, 0) is 25.0 Å². The van der Waals surface area contributed by atoms with E-state index in [4.69, 9.17) is 18.9 Å². The average Bonchev–Trinajstić information content (AvgIpc) is 2.73. The fourth-order valence-corrected chi connectivity index (χ4v) is 2.99. The molecular formula is C19H23N3O5. The second-order valence-corrected chi connectivity index (χ2v) is 6.12. The van der Waals surface area contributed by atoms with Crippen molar-refractivity contribution in [3.8, 4) is 23.4 Å². The average molecular weight is 373 g/mol. The van der Waals surface area contributed by atoms with Gasteiger partial charge in [-0.25, -0.2) is 4.98 Å². The summed E-state index contributed by atoms with van der Waals surface area (Å²) in [5.74, 6) is 1.51. The van der Waals surface area contributed by atoms with Crippen LogP contribution < -0.4 is 18.9 Å². The molecule has 2 aromatic rings. The molecule has 8 nitrogen and oxygen atoms in total. The van der Waals surface area contributed by atoms with E-state index < -0.39 is 0 Å². The third kappa shape index (κ3) is 4.58. The Morgan fingerprint density at radius 3 is 2.52 bits per heavy atom. The smallest absolute Gasteiger partial charge is 0.319 e. The minimum atomic E-state index is -0.144. The number of ether oxygens (including phenoxy) is 4. The van der Waals surface area contributed by atoms with Crippen molar-refractivity contribution >= 4 is 5.91 Å². The zero-order chi connectivity index (χ0) is 19.2. The van der Waals surface area contributed by atoms with Gasteiger partial charge in [-0.2, -0.15) is 4.98 Å². The Bertz CT molecular complexity index is 776. The van der Waals surface area contributed by atoms with E-state index in [1.807, 2.05) is 0 Å². The van der Waals surface area contributed by atoms with Gasteiger partial charge in [0, 0.05) is 30.4 Å². The number of rotatable bonds is 6. The second kappa shape index (κ2) is 8.57. The third-order valence-electron chi connectivity index (χ3n) is 4.34. The predicted octanol–water partition coefficient (Wildman–Crippen LogP) is 2.19. The topological polar surface area (TPSA) is 83.0 Å². The third-order valence-corrected chi connectivity index (χ3v) is 4.34. The summed E-state index contributed by atoms with van der Waals surface area (Å²) >= 11 is 0. The zero-order valence-electron chi connectivity index (χ0n) is 15.7. The normalized spacial score (nSPS) is 16.6. The van der Waals surface area contributed by atoms with Crippen molar-refractivity contribution in [1.82, 2.24) is 14.9 Å². The molecule has 8 heteroatoms. The van der Waals surface area contributed by atoms with Crippen molar-refractivity contribution in [2.45, 2.75) is 18.9 Å². The highest BCUT2D eigenvalue weighted by Crippen LogP contribution is 2.25. The number of hydrogen-bond acceptors (Lipinski definition) is 7. The Morgan fingerprint density at radius 1 is 1.11 bits per heavy atom. The first-order valence-corrected chi connectivity index (χ1v) is 8.69. The maximum atomic E-state index is 12.9. The van der Waals surface area contributed by atoms with E-state index >= 15 is 0 Å². The van der Waals surface area contributed by atoms with Crippen LogP contribution in [0.4, 0.5) is 0 Å². The maximum absolute atomic E-state index is 12.9. The van der Waals surface area contributed by atoms with Crippen LogP contribution in [-0.4, -0.2) is 61.3 Å². The van der Waals surface area contributed by atoms with Gasteiger partial charge in [0.2, 0.25) is 5.88 Å². The maximum Gasteiger partial charge on any atom is 0.319 e. The largest absolute Gasteiger partial charge is 0.497 e. The number of carbonyl (C=O) groups is 1. The molecule has 1 unspecified atom stereocenters. The van der Waals surface area contributed by atoms with Gasteiger partial charge in [0.15, 0.2) is 0 Å². The van der Waals surface area contributed by atoms with E-state index in [1.54, 1.807) is 49.6 Å². The minimum Gasteiger partial charge on any atom is -0.497 e. The lowest BCUT2D eigenvalue weighted by atomic mass is 10.1. The van der Waals surface area contributed by atoms with Crippen LogP contribution in [0.25, 0.3) is 0 Å². The molecule has 0 saturated carbocycles. The lowest BCUT2D eigenvalue weighted by molar-refractivity contribution is 0.0525. The van der Waals surface area contributed by atoms with E-state index in [9.17, 15) is 4.79 Å². The quantitative estimate of drug-likeness (QED) is 0.767. The van der Waals surface area contributed by atoms with E-state index in [0.29, 0.717) is 36.0 Å². The van der Waals surface area contributed by atoms with Crippen molar-refractivity contribution in [3.63, 3.8) is 0 Å². The first kappa shape index (κ1) is 18.8. The van der Waals surface area contributed by atoms with Gasteiger partial charge in [-0.3, -0.25) is 4.79 Å². The molecule has 0 radical (unpaired) electrons. The molecule has 0 bridgehead atoms. The van der Waals surface area contributed by atoms with Crippen molar-refractivity contribution < 1.29 is 23.7 Å². The Hall–Kier alpha value is -3.03. The summed E-state index contributed by atoms with van der Waals surface area (Å²) in [6, 6.07) is 7.09. The molecule has 1 aromatic heterocycles. The monoisotopic (exact) mass is 373 g/mol. The van der Waals surface area contributed by atoms with Gasteiger partial charge in [0.25, 0.3) is 5.91 Å². The van der Waals surface area contributed by atoms with Crippen LogP contribution >= 0.6 is 0 Å². The number of carbonyl (C=O) groups excluding carboxylic acids is 1. The minimum absolute atomic E-state index is 0.0826. The summed E-state index contributed by atoms with van der Waals surface area (Å²) in [6.45, 7) is 1.15. The Kier molecular flexibility index (Phi) is 5.95. The molecule has 3 rings (SSSR count). The van der Waals surface area contributed by atoms with Crippen LogP contribution in [0, 0.1) is 0 Å². The molecule has 1 atom stereocenters. The van der Waals surface area contributed by atoms with Gasteiger partial charge in [-0.15, -0.1) is 0 Å². The Labute approximate surface area is 158 Å². The molecule has 27 heavy (non-hydrogen) atoms. The number of benzene rings is 1. The molecule has 1 amide bonds. The fourth-order valence-electron chi connectivity index (χ4n) is 2.99. The van der Waals surface area contributed by atoms with Crippen LogP contribution in [0.2, 0.25) is 0 Å². The number of nitrogens with zero attached hydrogens (tertiary/aromatic N) is 3. The first-order chi connectivity index (χ1) is 13.1. The highest BCUT2D eigenvalue weighted by atomic mass is 16.5. The van der Waals surface area contributed by atoms with E-state index in [2.05, 4.69) is 9.97 Å². The molecular weight excluding hydrogens is 350 g/mol. The SMILES string of the molecule is COc1cc(OC)cc(C(=O)N2CCCC(Oc3ccnc(OC)n3)C2)c1. The zero-order valence-corrected chi connectivity index (χ0v) is 15.7. The number of likely N-dealkylation sites (tertiary alicyclic amines) is 1. The van der Waals surface area contributed by atoms with Gasteiger partial charge < -0.3 is 23.8 Å². The number of aromatic nitrogens is 2. The molecule has 1 saturated heterocycles. The van der Waals surface area contributed by atoms with Gasteiger partial charge in [0.05, 0.1) is 27.9 Å². The highest BCUT2D eigenvalue weighted by molar-refractivity contribution is 5.95. The van der Waals surface area contributed by atoms with Crippen LogP contribution in [-0.2, 0) is 0 Å². The summed E-state index contributed by atoms with van der Waals surface area (Å²) in [5.41, 5.74) is 0.524. The van der Waals surface area contributed by atoms with Gasteiger partial charge in [-0.1, -0.05) is 0 Å². The molecule has 1 aliphatic rings. The summed E-state index contributed by atoms with van der Waals surface area (Å²) in [5, 5.41) is 0. The summed E-state index contributed by atoms with van der Waals surface area (Å²) in [7, 11) is 4.62. The number of methoxy groups -OCH3 is 3. The fraction of sp³-hybridized carbons (Fsp3) is 0.421. The van der Waals surface area contributed by atoms with Gasteiger partial charge in [0.1, 0.15) is 17.6 Å². The summed E-state index contributed by atoms with van der Waals surface area (Å²) < 4.78 is 21.5. The molecule has 1 aromatic carbocycles. The standard InChI is InChI=1S/C19H23N3O5/c1-24-15-9-13(10-16(11-15)25-2)18(23)22-8-4-5-14(12-22)27-17-6-7-20-19(21-17)26-3/h6-7,9-11,14H,4-5,8,12H2,1-3H3.